The van der Waals surface area contributed by atoms with Gasteiger partial charge in [-0.15, -0.1) is 0 Å². The lowest BCUT2D eigenvalue weighted by Crippen LogP contribution is -2.45. The highest BCUT2D eigenvalue weighted by Gasteiger charge is 2.29. The van der Waals surface area contributed by atoms with E-state index in [9.17, 15) is 9.59 Å². The van der Waals surface area contributed by atoms with Crippen LogP contribution in [0.1, 0.15) is 49.5 Å². The molecule has 1 aromatic carbocycles. The van der Waals surface area contributed by atoms with Gasteiger partial charge in [-0.3, -0.25) is 14.8 Å². The Bertz CT molecular complexity index is 619. The number of ether oxygens (including phenoxy) is 2. The summed E-state index contributed by atoms with van der Waals surface area (Å²) >= 11 is 0. The summed E-state index contributed by atoms with van der Waals surface area (Å²) < 4.78 is 11.4. The Hall–Kier alpha value is -2.12. The minimum atomic E-state index is -0.602. The predicted octanol–water partition coefficient (Wildman–Crippen LogP) is 2.12. The number of amides is 2. The average Bonchev–Trinajstić information content (AvgIpc) is 2.79. The third-order valence-electron chi connectivity index (χ3n) is 4.28. The molecular formula is C18H26N2O5. The smallest absolute Gasteiger partial charge is 0.274 e. The van der Waals surface area contributed by atoms with Crippen LogP contribution in [0.4, 0.5) is 0 Å². The normalized spacial score (nSPS) is 17.9. The number of fused-ring (bicyclic) bond motifs is 1. The number of rotatable bonds is 6. The molecule has 2 N–H and O–H groups in total. The molecule has 1 aromatic rings. The van der Waals surface area contributed by atoms with Crippen LogP contribution in [0.3, 0.4) is 0 Å². The van der Waals surface area contributed by atoms with Crippen LogP contribution >= 0.6 is 0 Å². The van der Waals surface area contributed by atoms with E-state index in [0.717, 1.165) is 18.4 Å². The van der Waals surface area contributed by atoms with E-state index in [1.165, 1.54) is 0 Å². The largest absolute Gasteiger partial charge is 0.491 e. The van der Waals surface area contributed by atoms with Crippen molar-refractivity contribution in [3.05, 3.63) is 29.3 Å². The summed E-state index contributed by atoms with van der Waals surface area (Å²) in [6, 6.07) is 4.78. The zero-order chi connectivity index (χ0) is 18.4. The molecule has 1 aliphatic heterocycles. The molecule has 0 aromatic heterocycles. The standard InChI is InChI=1S/C18H26N2O5/c1-4-5-8-24-13(3)18(22)20-10-15-7-6-14(17(21)19-23)9-16(15)25-11-12(20)2/h6-7,9,12-13,23H,4-5,8,10-11H2,1-3H3,(H,19,21)/t12-,13?/m0/s1. The Labute approximate surface area is 147 Å². The van der Waals surface area contributed by atoms with Crippen molar-refractivity contribution in [3.63, 3.8) is 0 Å². The highest BCUT2D eigenvalue weighted by atomic mass is 16.5. The van der Waals surface area contributed by atoms with Gasteiger partial charge in [0.05, 0.1) is 6.04 Å². The molecule has 2 atom stereocenters. The molecule has 138 valence electrons. The minimum Gasteiger partial charge on any atom is -0.491 e. The Balaban J connectivity index is 2.14. The number of nitrogens with one attached hydrogen (secondary N) is 1. The minimum absolute atomic E-state index is 0.0720. The van der Waals surface area contributed by atoms with Crippen LogP contribution in [0.15, 0.2) is 18.2 Å². The van der Waals surface area contributed by atoms with Crippen LogP contribution in [0.2, 0.25) is 0 Å². The van der Waals surface area contributed by atoms with Crippen molar-refractivity contribution in [1.82, 2.24) is 10.4 Å². The number of unbranched alkanes of at least 4 members (excludes halogenated alkanes) is 1. The average molecular weight is 350 g/mol. The van der Waals surface area contributed by atoms with Crippen LogP contribution in [0.5, 0.6) is 5.75 Å². The second-order valence-corrected chi connectivity index (χ2v) is 6.26. The summed E-state index contributed by atoms with van der Waals surface area (Å²) in [7, 11) is 0. The topological polar surface area (TPSA) is 88.1 Å². The van der Waals surface area contributed by atoms with Crippen molar-refractivity contribution < 1.29 is 24.3 Å². The highest BCUT2D eigenvalue weighted by molar-refractivity contribution is 5.93. The number of nitrogens with zero attached hydrogens (tertiary/aromatic N) is 1. The summed E-state index contributed by atoms with van der Waals surface area (Å²) in [5.74, 6) is -0.130. The van der Waals surface area contributed by atoms with Crippen molar-refractivity contribution in [2.45, 2.75) is 52.3 Å². The van der Waals surface area contributed by atoms with Crippen molar-refractivity contribution in [2.24, 2.45) is 0 Å². The fourth-order valence-electron chi connectivity index (χ4n) is 2.67. The van der Waals surface area contributed by atoms with Gasteiger partial charge in [-0.1, -0.05) is 19.4 Å². The van der Waals surface area contributed by atoms with Gasteiger partial charge in [0.1, 0.15) is 18.5 Å². The maximum Gasteiger partial charge on any atom is 0.274 e. The lowest BCUT2D eigenvalue weighted by Gasteiger charge is -2.29. The maximum absolute atomic E-state index is 12.7. The first-order valence-corrected chi connectivity index (χ1v) is 8.60. The second-order valence-electron chi connectivity index (χ2n) is 6.26. The van der Waals surface area contributed by atoms with Crippen LogP contribution in [-0.4, -0.2) is 47.3 Å². The van der Waals surface area contributed by atoms with Crippen molar-refractivity contribution in [2.75, 3.05) is 13.2 Å². The molecule has 0 spiro atoms. The Morgan fingerprint density at radius 2 is 2.24 bits per heavy atom. The first-order chi connectivity index (χ1) is 12.0. The van der Waals surface area contributed by atoms with Crippen molar-refractivity contribution in [1.29, 1.82) is 0 Å². The molecule has 0 fully saturated rings. The lowest BCUT2D eigenvalue weighted by molar-refractivity contribution is -0.145. The molecule has 7 heteroatoms. The first kappa shape index (κ1) is 19.2. The summed E-state index contributed by atoms with van der Waals surface area (Å²) in [5.41, 5.74) is 2.71. The van der Waals surface area contributed by atoms with Crippen molar-refractivity contribution >= 4 is 11.8 Å². The molecule has 7 nitrogen and oxygen atoms in total. The van der Waals surface area contributed by atoms with Crippen LogP contribution in [0, 0.1) is 0 Å². The second kappa shape index (κ2) is 8.82. The monoisotopic (exact) mass is 350 g/mol. The SMILES string of the molecule is CCCCOC(C)C(=O)N1Cc2ccc(C(=O)NO)cc2OC[C@@H]1C. The Morgan fingerprint density at radius 1 is 1.48 bits per heavy atom. The molecule has 0 saturated carbocycles. The molecule has 1 aliphatic rings. The van der Waals surface area contributed by atoms with Gasteiger partial charge in [-0.25, -0.2) is 5.48 Å². The molecule has 0 saturated heterocycles. The summed E-state index contributed by atoms with van der Waals surface area (Å²) in [6.07, 6.45) is 1.44. The number of hydroxylamine groups is 1. The number of carbonyl (C=O) groups excluding carboxylic acids is 2. The van der Waals surface area contributed by atoms with Gasteiger partial charge in [-0.05, 0) is 32.4 Å². The van der Waals surface area contributed by atoms with Gasteiger partial charge >= 0.3 is 0 Å². The molecule has 2 rings (SSSR count). The Kier molecular flexibility index (Phi) is 6.78. The van der Waals surface area contributed by atoms with E-state index in [4.69, 9.17) is 14.7 Å². The molecule has 1 unspecified atom stereocenters. The molecule has 0 aliphatic carbocycles. The van der Waals surface area contributed by atoms with E-state index in [0.29, 0.717) is 31.1 Å². The van der Waals surface area contributed by atoms with E-state index in [1.54, 1.807) is 35.5 Å². The van der Waals surface area contributed by atoms with Gasteiger partial charge in [0.25, 0.3) is 11.8 Å². The van der Waals surface area contributed by atoms with E-state index in [-0.39, 0.29) is 11.9 Å². The highest BCUT2D eigenvalue weighted by Crippen LogP contribution is 2.27. The number of benzene rings is 1. The molecule has 0 bridgehead atoms. The number of hydrogen-bond acceptors (Lipinski definition) is 5. The Morgan fingerprint density at radius 3 is 2.92 bits per heavy atom. The summed E-state index contributed by atoms with van der Waals surface area (Å²) in [6.45, 7) is 7.04. The van der Waals surface area contributed by atoms with Crippen LogP contribution in [-0.2, 0) is 16.1 Å². The summed E-state index contributed by atoms with van der Waals surface area (Å²) in [4.78, 5) is 26.0. The fourth-order valence-corrected chi connectivity index (χ4v) is 2.67. The first-order valence-electron chi connectivity index (χ1n) is 8.60. The number of hydrogen-bond donors (Lipinski definition) is 2. The quantitative estimate of drug-likeness (QED) is 0.466. The molecule has 0 radical (unpaired) electrons. The van der Waals surface area contributed by atoms with E-state index in [1.807, 2.05) is 6.92 Å². The zero-order valence-corrected chi connectivity index (χ0v) is 14.9. The maximum atomic E-state index is 12.7. The molecule has 2 amide bonds. The van der Waals surface area contributed by atoms with Crippen LogP contribution in [0.25, 0.3) is 0 Å². The summed E-state index contributed by atoms with van der Waals surface area (Å²) in [5, 5.41) is 8.75. The van der Waals surface area contributed by atoms with Gasteiger partial charge in [-0.2, -0.15) is 0 Å². The third-order valence-corrected chi connectivity index (χ3v) is 4.28. The van der Waals surface area contributed by atoms with Gasteiger partial charge in [0.2, 0.25) is 0 Å². The molecule has 25 heavy (non-hydrogen) atoms. The molecular weight excluding hydrogens is 324 g/mol. The molecule has 1 heterocycles. The fraction of sp³-hybridized carbons (Fsp3) is 0.556. The third kappa shape index (κ3) is 4.70. The van der Waals surface area contributed by atoms with Gasteiger partial charge in [0.15, 0.2) is 0 Å². The zero-order valence-electron chi connectivity index (χ0n) is 14.9. The van der Waals surface area contributed by atoms with Gasteiger partial charge < -0.3 is 14.4 Å². The van der Waals surface area contributed by atoms with Crippen molar-refractivity contribution in [3.8, 4) is 5.75 Å². The van der Waals surface area contributed by atoms with E-state index >= 15 is 0 Å². The predicted molar refractivity (Wildman–Crippen MR) is 91.5 cm³/mol. The van der Waals surface area contributed by atoms with E-state index < -0.39 is 12.0 Å². The lowest BCUT2D eigenvalue weighted by atomic mass is 10.1. The van der Waals surface area contributed by atoms with Gasteiger partial charge in [0, 0.05) is 24.3 Å². The van der Waals surface area contributed by atoms with Crippen LogP contribution < -0.4 is 10.2 Å². The number of carbonyl (C=O) groups is 2. The van der Waals surface area contributed by atoms with E-state index in [2.05, 4.69) is 6.92 Å².